The molecule has 1 aliphatic rings. The van der Waals surface area contributed by atoms with E-state index >= 15 is 0 Å². The zero-order valence-electron chi connectivity index (χ0n) is 7.55. The average Bonchev–Trinajstić information content (AvgIpc) is 2.66. The molecule has 0 saturated heterocycles. The molecule has 1 aliphatic heterocycles. The summed E-state index contributed by atoms with van der Waals surface area (Å²) >= 11 is 3.28. The number of pyridine rings is 1. The number of halogens is 1. The molecule has 1 N–H and O–H groups in total. The number of carbonyl (C=O) groups is 1. The Morgan fingerprint density at radius 1 is 1.60 bits per heavy atom. The molecule has 6 heteroatoms. The molecule has 0 spiro atoms. The fraction of sp³-hybridized carbons (Fsp3) is 0.222. The summed E-state index contributed by atoms with van der Waals surface area (Å²) in [4.78, 5) is 19.4. The predicted molar refractivity (Wildman–Crippen MR) is 55.6 cm³/mol. The summed E-state index contributed by atoms with van der Waals surface area (Å²) in [5, 5.41) is 12.4. The van der Waals surface area contributed by atoms with Crippen molar-refractivity contribution >= 4 is 27.6 Å². The maximum absolute atomic E-state index is 10.6. The van der Waals surface area contributed by atoms with Gasteiger partial charge in [-0.25, -0.2) is 4.79 Å². The third-order valence-electron chi connectivity index (χ3n) is 1.98. The Morgan fingerprint density at radius 3 is 3.00 bits per heavy atom. The highest BCUT2D eigenvalue weighted by Crippen LogP contribution is 2.18. The first-order valence-electron chi connectivity index (χ1n) is 4.23. The van der Waals surface area contributed by atoms with Crippen molar-refractivity contribution in [1.29, 1.82) is 0 Å². The molecule has 0 radical (unpaired) electrons. The summed E-state index contributed by atoms with van der Waals surface area (Å²) in [6.45, 7) is 0. The lowest BCUT2D eigenvalue weighted by Crippen LogP contribution is -2.19. The summed E-state index contributed by atoms with van der Waals surface area (Å²) in [7, 11) is 0. The van der Waals surface area contributed by atoms with Crippen LogP contribution in [0.2, 0.25) is 0 Å². The van der Waals surface area contributed by atoms with Crippen molar-refractivity contribution in [3.8, 4) is 0 Å². The van der Waals surface area contributed by atoms with Gasteiger partial charge in [0.1, 0.15) is 0 Å². The normalized spacial score (nSPS) is 19.5. The fourth-order valence-corrected chi connectivity index (χ4v) is 1.61. The molecule has 1 aromatic rings. The molecule has 0 aliphatic carbocycles. The first-order chi connectivity index (χ1) is 7.16. The van der Waals surface area contributed by atoms with Gasteiger partial charge in [-0.05, 0) is 22.0 Å². The second kappa shape index (κ2) is 3.98. The van der Waals surface area contributed by atoms with Gasteiger partial charge in [-0.3, -0.25) is 4.98 Å². The fourth-order valence-electron chi connectivity index (χ4n) is 1.25. The Hall–Kier alpha value is -1.43. The Morgan fingerprint density at radius 2 is 2.40 bits per heavy atom. The minimum atomic E-state index is -1.00. The van der Waals surface area contributed by atoms with Gasteiger partial charge in [0.25, 0.3) is 0 Å². The zero-order valence-corrected chi connectivity index (χ0v) is 9.14. The van der Waals surface area contributed by atoms with E-state index in [1.165, 1.54) is 0 Å². The van der Waals surface area contributed by atoms with Crippen LogP contribution in [0.25, 0.3) is 0 Å². The van der Waals surface area contributed by atoms with E-state index in [0.717, 1.165) is 10.0 Å². The molecule has 0 bridgehead atoms. The first kappa shape index (κ1) is 10.1. The van der Waals surface area contributed by atoms with E-state index in [1.807, 2.05) is 6.07 Å². The van der Waals surface area contributed by atoms with Gasteiger partial charge in [0.05, 0.1) is 5.71 Å². The average molecular weight is 271 g/mol. The molecule has 2 rings (SSSR count). The van der Waals surface area contributed by atoms with Crippen LogP contribution >= 0.6 is 15.9 Å². The molecule has 5 nitrogen and oxygen atoms in total. The maximum Gasteiger partial charge on any atom is 0.348 e. The molecule has 0 fully saturated rings. The quantitative estimate of drug-likeness (QED) is 0.883. The van der Waals surface area contributed by atoms with Gasteiger partial charge in [0.2, 0.25) is 6.10 Å². The number of carboxylic acid groups (broad SMARTS) is 1. The molecule has 15 heavy (non-hydrogen) atoms. The standard InChI is InChI=1S/C9H7BrN2O3/c10-6-1-5(3-11-4-6)7-2-8(9(13)14)15-12-7/h1,3-4,8H,2H2,(H,13,14). The van der Waals surface area contributed by atoms with Gasteiger partial charge < -0.3 is 9.94 Å². The van der Waals surface area contributed by atoms with Crippen LogP contribution in [0.1, 0.15) is 12.0 Å². The van der Waals surface area contributed by atoms with Gasteiger partial charge in [-0.15, -0.1) is 0 Å². The molecular formula is C9H7BrN2O3. The lowest BCUT2D eigenvalue weighted by Gasteiger charge is -2.00. The number of oxime groups is 1. The Bertz CT molecular complexity index is 433. The Balaban J connectivity index is 2.17. The molecule has 1 aromatic heterocycles. The topological polar surface area (TPSA) is 71.8 Å². The van der Waals surface area contributed by atoms with E-state index in [9.17, 15) is 4.79 Å². The lowest BCUT2D eigenvalue weighted by atomic mass is 10.1. The summed E-state index contributed by atoms with van der Waals surface area (Å²) in [5.41, 5.74) is 1.38. The largest absolute Gasteiger partial charge is 0.478 e. The summed E-state index contributed by atoms with van der Waals surface area (Å²) < 4.78 is 0.821. The maximum atomic E-state index is 10.6. The van der Waals surface area contributed by atoms with E-state index < -0.39 is 12.1 Å². The number of nitrogens with zero attached hydrogens (tertiary/aromatic N) is 2. The highest BCUT2D eigenvalue weighted by atomic mass is 79.9. The molecule has 0 amide bonds. The number of hydrogen-bond donors (Lipinski definition) is 1. The molecule has 78 valence electrons. The van der Waals surface area contributed by atoms with Crippen molar-refractivity contribution in [2.45, 2.75) is 12.5 Å². The van der Waals surface area contributed by atoms with Crippen LogP contribution in [0, 0.1) is 0 Å². The van der Waals surface area contributed by atoms with Crippen molar-refractivity contribution < 1.29 is 14.7 Å². The number of aromatic nitrogens is 1. The lowest BCUT2D eigenvalue weighted by molar-refractivity contribution is -0.148. The molecule has 1 unspecified atom stereocenters. The smallest absolute Gasteiger partial charge is 0.348 e. The minimum absolute atomic E-state index is 0.271. The highest BCUT2D eigenvalue weighted by Gasteiger charge is 2.28. The Kier molecular flexibility index (Phi) is 2.68. The van der Waals surface area contributed by atoms with Crippen LogP contribution in [0.3, 0.4) is 0 Å². The third-order valence-corrected chi connectivity index (χ3v) is 2.42. The predicted octanol–water partition coefficient (Wildman–Crippen LogP) is 1.42. The summed E-state index contributed by atoms with van der Waals surface area (Å²) in [6, 6.07) is 1.82. The van der Waals surface area contributed by atoms with Crippen molar-refractivity contribution in [1.82, 2.24) is 4.98 Å². The van der Waals surface area contributed by atoms with E-state index in [1.54, 1.807) is 12.4 Å². The van der Waals surface area contributed by atoms with E-state index in [2.05, 4.69) is 26.1 Å². The number of carboxylic acids is 1. The van der Waals surface area contributed by atoms with E-state index in [-0.39, 0.29) is 6.42 Å². The molecule has 1 atom stereocenters. The van der Waals surface area contributed by atoms with Crippen LogP contribution < -0.4 is 0 Å². The van der Waals surface area contributed by atoms with Crippen LogP contribution in [0.5, 0.6) is 0 Å². The minimum Gasteiger partial charge on any atom is -0.478 e. The number of aliphatic carboxylic acids is 1. The van der Waals surface area contributed by atoms with Gasteiger partial charge in [0.15, 0.2) is 0 Å². The second-order valence-electron chi connectivity index (χ2n) is 3.07. The summed E-state index contributed by atoms with van der Waals surface area (Å²) in [6.07, 6.45) is 2.66. The van der Waals surface area contributed by atoms with E-state index in [0.29, 0.717) is 5.71 Å². The monoisotopic (exact) mass is 270 g/mol. The van der Waals surface area contributed by atoms with Crippen molar-refractivity contribution in [2.75, 3.05) is 0 Å². The van der Waals surface area contributed by atoms with Gasteiger partial charge >= 0.3 is 5.97 Å². The summed E-state index contributed by atoms with van der Waals surface area (Å²) in [5.74, 6) is -1.00. The number of rotatable bonds is 2. The van der Waals surface area contributed by atoms with Gasteiger partial charge in [-0.1, -0.05) is 5.16 Å². The van der Waals surface area contributed by atoms with Crippen molar-refractivity contribution in [3.63, 3.8) is 0 Å². The molecular weight excluding hydrogens is 264 g/mol. The molecule has 0 saturated carbocycles. The van der Waals surface area contributed by atoms with Crippen molar-refractivity contribution in [3.05, 3.63) is 28.5 Å². The van der Waals surface area contributed by atoms with Crippen LogP contribution in [-0.4, -0.2) is 27.9 Å². The molecule has 0 aromatic carbocycles. The zero-order chi connectivity index (χ0) is 10.8. The van der Waals surface area contributed by atoms with Crippen molar-refractivity contribution in [2.24, 2.45) is 5.16 Å². The van der Waals surface area contributed by atoms with Gasteiger partial charge in [-0.2, -0.15) is 0 Å². The first-order valence-corrected chi connectivity index (χ1v) is 5.02. The van der Waals surface area contributed by atoms with Crippen LogP contribution in [-0.2, 0) is 9.63 Å². The highest BCUT2D eigenvalue weighted by molar-refractivity contribution is 9.10. The van der Waals surface area contributed by atoms with E-state index in [4.69, 9.17) is 9.94 Å². The second-order valence-corrected chi connectivity index (χ2v) is 3.98. The Labute approximate surface area is 93.9 Å². The SMILES string of the molecule is O=C(O)C1CC(c2cncc(Br)c2)=NO1. The third kappa shape index (κ3) is 2.15. The van der Waals surface area contributed by atoms with Gasteiger partial charge in [0, 0.05) is 28.9 Å². The number of hydrogen-bond acceptors (Lipinski definition) is 4. The molecule has 2 heterocycles. The van der Waals surface area contributed by atoms with Crippen LogP contribution in [0.15, 0.2) is 28.1 Å². The van der Waals surface area contributed by atoms with Crippen LogP contribution in [0.4, 0.5) is 0 Å².